The van der Waals surface area contributed by atoms with Gasteiger partial charge in [0.05, 0.1) is 12.2 Å². The number of halogens is 2. The van der Waals surface area contributed by atoms with Crippen LogP contribution in [0.1, 0.15) is 17.4 Å². The van der Waals surface area contributed by atoms with Gasteiger partial charge in [0.1, 0.15) is 0 Å². The smallest absolute Gasteiger partial charge is 0.238 e. The van der Waals surface area contributed by atoms with Gasteiger partial charge in [-0.2, -0.15) is 4.98 Å². The molecule has 1 aliphatic heterocycles. The van der Waals surface area contributed by atoms with E-state index in [0.29, 0.717) is 27.5 Å². The summed E-state index contributed by atoms with van der Waals surface area (Å²) in [6.07, 6.45) is 1.59. The minimum absolute atomic E-state index is 0.247. The number of hydrogen-bond acceptors (Lipinski definition) is 5. The summed E-state index contributed by atoms with van der Waals surface area (Å²) in [5, 5.41) is 5.30. The molecule has 3 heterocycles. The van der Waals surface area contributed by atoms with Gasteiger partial charge in [-0.25, -0.2) is 0 Å². The Morgan fingerprint density at radius 3 is 2.83 bits per heavy atom. The van der Waals surface area contributed by atoms with Crippen LogP contribution in [0.5, 0.6) is 0 Å². The third-order valence-electron chi connectivity index (χ3n) is 3.90. The molecule has 0 unspecified atom stereocenters. The minimum atomic E-state index is 0.247. The molecule has 0 saturated carbocycles. The van der Waals surface area contributed by atoms with Crippen molar-refractivity contribution in [1.82, 2.24) is 15.0 Å². The van der Waals surface area contributed by atoms with E-state index in [4.69, 9.17) is 32.1 Å². The molecule has 0 N–H and O–H groups in total. The van der Waals surface area contributed by atoms with E-state index in [1.165, 1.54) is 0 Å². The van der Waals surface area contributed by atoms with Gasteiger partial charge in [-0.05, 0) is 29.8 Å². The number of nitrogens with zero attached hydrogens (tertiary/aromatic N) is 3. The van der Waals surface area contributed by atoms with Gasteiger partial charge in [0, 0.05) is 29.7 Å². The molecule has 0 aliphatic carbocycles. The molecular formula is C16H13Cl2N3O2. The number of furan rings is 1. The summed E-state index contributed by atoms with van der Waals surface area (Å²) in [6.45, 7) is 2.50. The van der Waals surface area contributed by atoms with Gasteiger partial charge >= 0.3 is 0 Å². The average molecular weight is 350 g/mol. The highest BCUT2D eigenvalue weighted by atomic mass is 35.5. The summed E-state index contributed by atoms with van der Waals surface area (Å²) in [7, 11) is 0. The van der Waals surface area contributed by atoms with Crippen LogP contribution in [0.4, 0.5) is 0 Å². The predicted octanol–water partition coefficient (Wildman–Crippen LogP) is 4.24. The molecule has 7 heteroatoms. The standard InChI is InChI=1S/C16H13Cl2N3O2/c17-12-4-3-10(13(18)6-12)7-21-8-11(9-21)16-19-15(20-23-16)14-2-1-5-22-14/h1-6,11H,7-9H2. The molecule has 1 aromatic carbocycles. The highest BCUT2D eigenvalue weighted by molar-refractivity contribution is 6.35. The molecule has 0 bridgehead atoms. The lowest BCUT2D eigenvalue weighted by molar-refractivity contribution is 0.117. The van der Waals surface area contributed by atoms with Crippen LogP contribution in [0.25, 0.3) is 11.6 Å². The summed E-state index contributed by atoms with van der Waals surface area (Å²) in [5.41, 5.74) is 1.07. The SMILES string of the molecule is Clc1ccc(CN2CC(c3nc(-c4ccco4)no3)C2)c(Cl)c1. The first-order chi connectivity index (χ1) is 11.2. The van der Waals surface area contributed by atoms with Crippen molar-refractivity contribution in [3.8, 4) is 11.6 Å². The van der Waals surface area contributed by atoms with E-state index < -0.39 is 0 Å². The Morgan fingerprint density at radius 2 is 2.09 bits per heavy atom. The second-order valence-corrected chi connectivity index (χ2v) is 6.40. The first-order valence-electron chi connectivity index (χ1n) is 7.23. The lowest BCUT2D eigenvalue weighted by Crippen LogP contribution is -2.44. The minimum Gasteiger partial charge on any atom is -0.461 e. The summed E-state index contributed by atoms with van der Waals surface area (Å²) in [6, 6.07) is 9.19. The van der Waals surface area contributed by atoms with Crippen molar-refractivity contribution in [2.45, 2.75) is 12.5 Å². The first kappa shape index (κ1) is 14.8. The fourth-order valence-corrected chi connectivity index (χ4v) is 3.12. The van der Waals surface area contributed by atoms with E-state index in [1.807, 2.05) is 18.2 Å². The zero-order valence-electron chi connectivity index (χ0n) is 12.1. The molecule has 2 aromatic heterocycles. The van der Waals surface area contributed by atoms with Crippen LogP contribution in [-0.4, -0.2) is 28.1 Å². The van der Waals surface area contributed by atoms with Crippen molar-refractivity contribution in [3.63, 3.8) is 0 Å². The maximum absolute atomic E-state index is 6.21. The first-order valence-corrected chi connectivity index (χ1v) is 7.98. The third kappa shape index (κ3) is 3.00. The number of likely N-dealkylation sites (tertiary alicyclic amines) is 1. The number of rotatable bonds is 4. The zero-order valence-corrected chi connectivity index (χ0v) is 13.6. The number of benzene rings is 1. The average Bonchev–Trinajstić information content (AvgIpc) is 3.15. The summed E-state index contributed by atoms with van der Waals surface area (Å²) < 4.78 is 10.6. The topological polar surface area (TPSA) is 55.3 Å². The van der Waals surface area contributed by atoms with Crippen molar-refractivity contribution >= 4 is 23.2 Å². The molecule has 5 nitrogen and oxygen atoms in total. The van der Waals surface area contributed by atoms with Crippen molar-refractivity contribution in [2.75, 3.05) is 13.1 Å². The fraction of sp³-hybridized carbons (Fsp3) is 0.250. The monoisotopic (exact) mass is 349 g/mol. The molecule has 1 saturated heterocycles. The van der Waals surface area contributed by atoms with E-state index in [9.17, 15) is 0 Å². The Labute approximate surface area is 142 Å². The van der Waals surface area contributed by atoms with Crippen molar-refractivity contribution in [1.29, 1.82) is 0 Å². The molecule has 0 amide bonds. The van der Waals surface area contributed by atoms with Gasteiger partial charge in [-0.3, -0.25) is 4.90 Å². The van der Waals surface area contributed by atoms with Gasteiger partial charge in [-0.1, -0.05) is 34.4 Å². The van der Waals surface area contributed by atoms with Crippen molar-refractivity contribution < 1.29 is 8.94 Å². The van der Waals surface area contributed by atoms with Crippen LogP contribution in [-0.2, 0) is 6.54 Å². The van der Waals surface area contributed by atoms with Crippen LogP contribution in [0.2, 0.25) is 10.0 Å². The molecule has 0 radical (unpaired) electrons. The Bertz CT molecular complexity index is 811. The Hall–Kier alpha value is -1.82. The summed E-state index contributed by atoms with van der Waals surface area (Å²) >= 11 is 12.1. The molecule has 1 aliphatic rings. The normalized spacial score (nSPS) is 15.7. The highest BCUT2D eigenvalue weighted by Gasteiger charge is 2.33. The van der Waals surface area contributed by atoms with Gasteiger partial charge < -0.3 is 8.94 Å². The second kappa shape index (κ2) is 6.00. The Balaban J connectivity index is 1.38. The largest absolute Gasteiger partial charge is 0.461 e. The van der Waals surface area contributed by atoms with E-state index in [2.05, 4.69) is 15.0 Å². The third-order valence-corrected chi connectivity index (χ3v) is 4.49. The quantitative estimate of drug-likeness (QED) is 0.705. The van der Waals surface area contributed by atoms with Crippen molar-refractivity contribution in [2.24, 2.45) is 0 Å². The molecule has 3 aromatic rings. The Morgan fingerprint density at radius 1 is 1.22 bits per heavy atom. The molecule has 4 rings (SSSR count). The molecule has 0 spiro atoms. The van der Waals surface area contributed by atoms with E-state index in [-0.39, 0.29) is 5.92 Å². The second-order valence-electron chi connectivity index (χ2n) is 5.56. The predicted molar refractivity (Wildman–Crippen MR) is 86.5 cm³/mol. The molecule has 23 heavy (non-hydrogen) atoms. The van der Waals surface area contributed by atoms with E-state index in [0.717, 1.165) is 25.2 Å². The molecule has 0 atom stereocenters. The van der Waals surface area contributed by atoms with Crippen LogP contribution < -0.4 is 0 Å². The van der Waals surface area contributed by atoms with Crippen molar-refractivity contribution in [3.05, 3.63) is 58.1 Å². The van der Waals surface area contributed by atoms with Gasteiger partial charge in [-0.15, -0.1) is 0 Å². The van der Waals surface area contributed by atoms with Gasteiger partial charge in [0.25, 0.3) is 0 Å². The van der Waals surface area contributed by atoms with Crippen LogP contribution >= 0.6 is 23.2 Å². The fourth-order valence-electron chi connectivity index (χ4n) is 2.65. The van der Waals surface area contributed by atoms with Gasteiger partial charge in [0.2, 0.25) is 11.7 Å². The maximum Gasteiger partial charge on any atom is 0.238 e. The number of aromatic nitrogens is 2. The zero-order chi connectivity index (χ0) is 15.8. The molecule has 1 fully saturated rings. The van der Waals surface area contributed by atoms with Crippen LogP contribution in [0.15, 0.2) is 45.5 Å². The van der Waals surface area contributed by atoms with Crippen LogP contribution in [0.3, 0.4) is 0 Å². The lowest BCUT2D eigenvalue weighted by Gasteiger charge is -2.37. The van der Waals surface area contributed by atoms with Crippen LogP contribution in [0, 0.1) is 0 Å². The summed E-state index contributed by atoms with van der Waals surface area (Å²) in [4.78, 5) is 6.68. The molecular weight excluding hydrogens is 337 g/mol. The van der Waals surface area contributed by atoms with E-state index >= 15 is 0 Å². The van der Waals surface area contributed by atoms with E-state index in [1.54, 1.807) is 18.4 Å². The highest BCUT2D eigenvalue weighted by Crippen LogP contribution is 2.30. The maximum atomic E-state index is 6.21. The molecule has 118 valence electrons. The lowest BCUT2D eigenvalue weighted by atomic mass is 9.99. The summed E-state index contributed by atoms with van der Waals surface area (Å²) in [5.74, 6) is 2.00. The van der Waals surface area contributed by atoms with Gasteiger partial charge in [0.15, 0.2) is 5.76 Å². The Kier molecular flexibility index (Phi) is 3.85. The number of hydrogen-bond donors (Lipinski definition) is 0.